The Hall–Kier alpha value is -3.17. The number of amides is 2. The standard InChI is InChI=1S/C25H26N4O2/c26-13-20-7-4-12-29(20)23(30)14-27-24-21-15-28(16-22(21)24)25(31)19-10-8-18(9-11-19)17-5-2-1-3-6-17/h1-3,5-6,8-11,20-22,24,27H,4,7,12,14-16H2. The van der Waals surface area contributed by atoms with Crippen molar-refractivity contribution in [2.24, 2.45) is 11.8 Å². The van der Waals surface area contributed by atoms with Crippen molar-refractivity contribution in [3.8, 4) is 17.2 Å². The molecule has 31 heavy (non-hydrogen) atoms. The van der Waals surface area contributed by atoms with E-state index in [1.807, 2.05) is 47.4 Å². The lowest BCUT2D eigenvalue weighted by Gasteiger charge is -2.22. The molecule has 3 unspecified atom stereocenters. The molecule has 2 aliphatic heterocycles. The van der Waals surface area contributed by atoms with E-state index in [1.54, 1.807) is 4.90 Å². The van der Waals surface area contributed by atoms with Gasteiger partial charge in [-0.25, -0.2) is 0 Å². The number of fused-ring (bicyclic) bond motifs is 1. The molecule has 6 heteroatoms. The number of benzene rings is 2. The second-order valence-corrected chi connectivity index (χ2v) is 8.76. The third kappa shape index (κ3) is 3.82. The minimum Gasteiger partial charge on any atom is -0.338 e. The summed E-state index contributed by atoms with van der Waals surface area (Å²) in [6.07, 6.45) is 1.68. The first-order chi connectivity index (χ1) is 15.2. The molecule has 2 saturated heterocycles. The molecule has 2 heterocycles. The van der Waals surface area contributed by atoms with Gasteiger partial charge in [0.2, 0.25) is 5.91 Å². The van der Waals surface area contributed by atoms with Gasteiger partial charge in [-0.3, -0.25) is 9.59 Å². The topological polar surface area (TPSA) is 76.4 Å². The Kier molecular flexibility index (Phi) is 5.21. The average molecular weight is 415 g/mol. The van der Waals surface area contributed by atoms with E-state index in [2.05, 4.69) is 23.5 Å². The van der Waals surface area contributed by atoms with Gasteiger partial charge in [0.1, 0.15) is 6.04 Å². The Morgan fingerprint density at radius 2 is 1.68 bits per heavy atom. The van der Waals surface area contributed by atoms with Gasteiger partial charge in [-0.15, -0.1) is 0 Å². The Labute approximate surface area is 182 Å². The largest absolute Gasteiger partial charge is 0.338 e. The Morgan fingerprint density at radius 3 is 2.35 bits per heavy atom. The summed E-state index contributed by atoms with van der Waals surface area (Å²) in [5.74, 6) is 0.937. The normalized spacial score (nSPS) is 26.4. The lowest BCUT2D eigenvalue weighted by molar-refractivity contribution is -0.130. The van der Waals surface area contributed by atoms with Gasteiger partial charge >= 0.3 is 0 Å². The van der Waals surface area contributed by atoms with E-state index in [1.165, 1.54) is 0 Å². The van der Waals surface area contributed by atoms with Crippen LogP contribution in [0.4, 0.5) is 0 Å². The van der Waals surface area contributed by atoms with Gasteiger partial charge in [0.05, 0.1) is 12.6 Å². The van der Waals surface area contributed by atoms with E-state index < -0.39 is 0 Å². The third-order valence-electron chi connectivity index (χ3n) is 6.93. The molecule has 1 aliphatic carbocycles. The first-order valence-electron chi connectivity index (χ1n) is 11.0. The van der Waals surface area contributed by atoms with Gasteiger partial charge in [0, 0.05) is 31.2 Å². The minimum absolute atomic E-state index is 0.0143. The maximum Gasteiger partial charge on any atom is 0.253 e. The molecule has 1 saturated carbocycles. The Bertz CT molecular complexity index is 1000. The van der Waals surface area contributed by atoms with E-state index in [0.717, 1.165) is 42.6 Å². The van der Waals surface area contributed by atoms with E-state index in [0.29, 0.717) is 24.4 Å². The number of nitrogens with zero attached hydrogens (tertiary/aromatic N) is 3. The molecule has 5 rings (SSSR count). The zero-order valence-electron chi connectivity index (χ0n) is 17.4. The molecule has 2 aromatic carbocycles. The summed E-state index contributed by atoms with van der Waals surface area (Å²) in [7, 11) is 0. The molecular weight excluding hydrogens is 388 g/mol. The van der Waals surface area contributed by atoms with Crippen molar-refractivity contribution >= 4 is 11.8 Å². The van der Waals surface area contributed by atoms with Crippen LogP contribution in [0, 0.1) is 23.2 Å². The number of carbonyl (C=O) groups is 2. The van der Waals surface area contributed by atoms with Crippen LogP contribution in [-0.2, 0) is 4.79 Å². The number of likely N-dealkylation sites (tertiary alicyclic amines) is 2. The molecule has 3 aliphatic rings. The molecule has 6 nitrogen and oxygen atoms in total. The van der Waals surface area contributed by atoms with Crippen LogP contribution in [0.3, 0.4) is 0 Å². The number of nitrogens with one attached hydrogen (secondary N) is 1. The fourth-order valence-corrected chi connectivity index (χ4v) is 5.12. The van der Waals surface area contributed by atoms with E-state index in [9.17, 15) is 9.59 Å². The predicted molar refractivity (Wildman–Crippen MR) is 117 cm³/mol. The molecule has 158 valence electrons. The predicted octanol–water partition coefficient (Wildman–Crippen LogP) is 2.53. The Balaban J connectivity index is 1.11. The fourth-order valence-electron chi connectivity index (χ4n) is 5.12. The first kappa shape index (κ1) is 19.8. The molecule has 0 bridgehead atoms. The van der Waals surface area contributed by atoms with Crippen molar-refractivity contribution in [3.63, 3.8) is 0 Å². The van der Waals surface area contributed by atoms with Crippen LogP contribution in [0.2, 0.25) is 0 Å². The number of rotatable bonds is 5. The van der Waals surface area contributed by atoms with E-state index in [4.69, 9.17) is 5.26 Å². The van der Waals surface area contributed by atoms with Crippen LogP contribution in [0.1, 0.15) is 23.2 Å². The molecule has 0 radical (unpaired) electrons. The molecule has 3 atom stereocenters. The summed E-state index contributed by atoms with van der Waals surface area (Å²) in [4.78, 5) is 28.9. The van der Waals surface area contributed by atoms with Crippen molar-refractivity contribution < 1.29 is 9.59 Å². The highest BCUT2D eigenvalue weighted by Gasteiger charge is 2.56. The van der Waals surface area contributed by atoms with Crippen LogP contribution in [0.15, 0.2) is 54.6 Å². The van der Waals surface area contributed by atoms with Gasteiger partial charge in [0.15, 0.2) is 0 Å². The van der Waals surface area contributed by atoms with Gasteiger partial charge < -0.3 is 15.1 Å². The quantitative estimate of drug-likeness (QED) is 0.816. The lowest BCUT2D eigenvalue weighted by Crippen LogP contribution is -2.43. The fraction of sp³-hybridized carbons (Fsp3) is 0.400. The molecule has 0 aromatic heterocycles. The number of hydrogen-bond donors (Lipinski definition) is 1. The molecular formula is C25H26N4O2. The zero-order chi connectivity index (χ0) is 21.4. The van der Waals surface area contributed by atoms with Crippen molar-refractivity contribution in [2.45, 2.75) is 24.9 Å². The second kappa shape index (κ2) is 8.16. The van der Waals surface area contributed by atoms with E-state index in [-0.39, 0.29) is 24.4 Å². The summed E-state index contributed by atoms with van der Waals surface area (Å²) in [6, 6.07) is 20.2. The van der Waals surface area contributed by atoms with Crippen LogP contribution in [0.5, 0.6) is 0 Å². The van der Waals surface area contributed by atoms with Crippen LogP contribution >= 0.6 is 0 Å². The highest BCUT2D eigenvalue weighted by Crippen LogP contribution is 2.45. The third-order valence-corrected chi connectivity index (χ3v) is 6.93. The summed E-state index contributed by atoms with van der Waals surface area (Å²) in [5.41, 5.74) is 2.96. The highest BCUT2D eigenvalue weighted by atomic mass is 16.2. The molecule has 3 fully saturated rings. The van der Waals surface area contributed by atoms with Crippen LogP contribution in [0.25, 0.3) is 11.1 Å². The summed E-state index contributed by atoms with van der Waals surface area (Å²) < 4.78 is 0. The second-order valence-electron chi connectivity index (χ2n) is 8.76. The average Bonchev–Trinajstić information content (AvgIpc) is 3.18. The van der Waals surface area contributed by atoms with Gasteiger partial charge in [-0.1, -0.05) is 42.5 Å². The maximum atomic E-state index is 12.9. The van der Waals surface area contributed by atoms with Crippen LogP contribution in [-0.4, -0.2) is 59.9 Å². The number of piperidine rings is 1. The highest BCUT2D eigenvalue weighted by molar-refractivity contribution is 5.95. The van der Waals surface area contributed by atoms with Crippen molar-refractivity contribution in [3.05, 3.63) is 60.2 Å². The maximum absolute atomic E-state index is 12.9. The lowest BCUT2D eigenvalue weighted by atomic mass is 10.0. The van der Waals surface area contributed by atoms with Crippen molar-refractivity contribution in [1.82, 2.24) is 15.1 Å². The van der Waals surface area contributed by atoms with Gasteiger partial charge in [-0.05, 0) is 47.9 Å². The molecule has 2 amide bonds. The molecule has 1 N–H and O–H groups in total. The molecule has 2 aromatic rings. The summed E-state index contributed by atoms with van der Waals surface area (Å²) >= 11 is 0. The van der Waals surface area contributed by atoms with Gasteiger partial charge in [-0.2, -0.15) is 5.26 Å². The summed E-state index contributed by atoms with van der Waals surface area (Å²) in [5, 5.41) is 12.5. The van der Waals surface area contributed by atoms with Gasteiger partial charge in [0.25, 0.3) is 5.91 Å². The minimum atomic E-state index is -0.269. The Morgan fingerprint density at radius 1 is 1.00 bits per heavy atom. The van der Waals surface area contributed by atoms with Crippen LogP contribution < -0.4 is 5.32 Å². The van der Waals surface area contributed by atoms with Crippen molar-refractivity contribution in [1.29, 1.82) is 5.26 Å². The SMILES string of the molecule is N#CC1CCCN1C(=O)CNC1C2CN(C(=O)c3ccc(-c4ccccc4)cc3)CC21. The zero-order valence-corrected chi connectivity index (χ0v) is 17.4. The van der Waals surface area contributed by atoms with Crippen molar-refractivity contribution in [2.75, 3.05) is 26.2 Å². The number of hydrogen-bond acceptors (Lipinski definition) is 4. The number of nitriles is 1. The first-order valence-corrected chi connectivity index (χ1v) is 11.0. The smallest absolute Gasteiger partial charge is 0.253 e. The number of carbonyl (C=O) groups excluding carboxylic acids is 2. The summed E-state index contributed by atoms with van der Waals surface area (Å²) in [6.45, 7) is 2.44. The monoisotopic (exact) mass is 414 g/mol. The van der Waals surface area contributed by atoms with E-state index >= 15 is 0 Å². The molecule has 0 spiro atoms.